The van der Waals surface area contributed by atoms with E-state index in [1.54, 1.807) is 0 Å². The van der Waals surface area contributed by atoms with Gasteiger partial charge in [-0.25, -0.2) is 9.59 Å². The van der Waals surface area contributed by atoms with Crippen molar-refractivity contribution >= 4 is 17.7 Å². The molecule has 74 valence electrons. The Morgan fingerprint density at radius 3 is 1.77 bits per heavy atom. The highest BCUT2D eigenvalue weighted by Gasteiger charge is 2.27. The zero-order chi connectivity index (χ0) is 10.6. The van der Waals surface area contributed by atoms with Crippen LogP contribution in [0.15, 0.2) is 0 Å². The molecule has 13 heavy (non-hydrogen) atoms. The highest BCUT2D eigenvalue weighted by molar-refractivity contribution is 6.02. The molecule has 0 aromatic heterocycles. The molecule has 4 N–H and O–H groups in total. The number of aliphatic carboxylic acids is 2. The lowest BCUT2D eigenvalue weighted by atomic mass is 10.1. The average molecular weight is 192 g/mol. The topological polar surface area (TPSA) is 132 Å². The van der Waals surface area contributed by atoms with Crippen LogP contribution in [-0.4, -0.2) is 50.4 Å². The van der Waals surface area contributed by atoms with Crippen molar-refractivity contribution in [2.75, 3.05) is 0 Å². The summed E-state index contributed by atoms with van der Waals surface area (Å²) in [7, 11) is 0. The molecule has 0 saturated heterocycles. The first-order valence-corrected chi connectivity index (χ1v) is 3.20. The van der Waals surface area contributed by atoms with Crippen LogP contribution < -0.4 is 0 Å². The zero-order valence-electron chi connectivity index (χ0n) is 6.38. The van der Waals surface area contributed by atoms with Gasteiger partial charge < -0.3 is 20.4 Å². The summed E-state index contributed by atoms with van der Waals surface area (Å²) in [6.07, 6.45) is -5.20. The fraction of sp³-hybridized carbons (Fsp3) is 0.500. The third kappa shape index (κ3) is 3.63. The maximum atomic E-state index is 10.6. The van der Waals surface area contributed by atoms with Crippen LogP contribution in [0.25, 0.3) is 0 Å². The molecular formula is C6H8O7. The average Bonchev–Trinajstić information content (AvgIpc) is 2.02. The Balaban J connectivity index is 4.15. The van der Waals surface area contributed by atoms with Crippen LogP contribution >= 0.6 is 0 Å². The molecule has 0 aliphatic heterocycles. The molecular weight excluding hydrogens is 184 g/mol. The Bertz CT molecular complexity index is 233. The van der Waals surface area contributed by atoms with Gasteiger partial charge in [-0.15, -0.1) is 0 Å². The molecule has 2 unspecified atom stereocenters. The van der Waals surface area contributed by atoms with Crippen molar-refractivity contribution in [2.45, 2.75) is 18.6 Å². The number of hydrogen-bond acceptors (Lipinski definition) is 5. The molecule has 7 nitrogen and oxygen atoms in total. The second-order valence-electron chi connectivity index (χ2n) is 2.27. The lowest BCUT2D eigenvalue weighted by Gasteiger charge is -2.06. The number of hydrogen-bond donors (Lipinski definition) is 4. The van der Waals surface area contributed by atoms with E-state index >= 15 is 0 Å². The summed E-state index contributed by atoms with van der Waals surface area (Å²) in [6.45, 7) is 0. The molecule has 0 bridgehead atoms. The summed E-state index contributed by atoms with van der Waals surface area (Å²) < 4.78 is 0. The molecule has 0 aromatic carbocycles. The van der Waals surface area contributed by atoms with Gasteiger partial charge >= 0.3 is 11.9 Å². The number of carbonyl (C=O) groups is 3. The second kappa shape index (κ2) is 4.53. The van der Waals surface area contributed by atoms with E-state index in [1.807, 2.05) is 0 Å². The van der Waals surface area contributed by atoms with Crippen molar-refractivity contribution < 1.29 is 34.8 Å². The van der Waals surface area contributed by atoms with Crippen LogP contribution in [0.3, 0.4) is 0 Å². The smallest absolute Gasteiger partial charge is 0.340 e. The Hall–Kier alpha value is -1.47. The third-order valence-electron chi connectivity index (χ3n) is 1.22. The van der Waals surface area contributed by atoms with Gasteiger partial charge in [-0.1, -0.05) is 0 Å². The number of aliphatic hydroxyl groups excluding tert-OH is 2. The summed E-state index contributed by atoms with van der Waals surface area (Å²) in [4.78, 5) is 30.6. The van der Waals surface area contributed by atoms with Crippen LogP contribution in [0.2, 0.25) is 0 Å². The molecule has 0 rings (SSSR count). The molecule has 0 aromatic rings. The van der Waals surface area contributed by atoms with E-state index < -0.39 is 36.4 Å². The summed E-state index contributed by atoms with van der Waals surface area (Å²) in [5.74, 6) is -4.67. The number of rotatable bonds is 5. The number of carboxylic acid groups (broad SMARTS) is 2. The molecule has 0 radical (unpaired) electrons. The minimum Gasteiger partial charge on any atom is -0.479 e. The van der Waals surface area contributed by atoms with Crippen molar-refractivity contribution in [3.8, 4) is 0 Å². The van der Waals surface area contributed by atoms with Gasteiger partial charge in [0.15, 0.2) is 11.9 Å². The van der Waals surface area contributed by atoms with Gasteiger partial charge in [0.25, 0.3) is 0 Å². The van der Waals surface area contributed by atoms with Gasteiger partial charge in [-0.3, -0.25) is 4.79 Å². The first-order chi connectivity index (χ1) is 5.86. The summed E-state index contributed by atoms with van der Waals surface area (Å²) >= 11 is 0. The van der Waals surface area contributed by atoms with Crippen LogP contribution in [0.4, 0.5) is 0 Å². The lowest BCUT2D eigenvalue weighted by molar-refractivity contribution is -0.156. The van der Waals surface area contributed by atoms with Gasteiger partial charge in [-0.05, 0) is 0 Å². The van der Waals surface area contributed by atoms with Crippen LogP contribution in [0.1, 0.15) is 6.42 Å². The van der Waals surface area contributed by atoms with E-state index in [1.165, 1.54) is 0 Å². The Kier molecular flexibility index (Phi) is 4.02. The molecule has 0 heterocycles. The van der Waals surface area contributed by atoms with E-state index in [9.17, 15) is 14.4 Å². The Morgan fingerprint density at radius 1 is 1.00 bits per heavy atom. The van der Waals surface area contributed by atoms with Crippen molar-refractivity contribution in [3.05, 3.63) is 0 Å². The molecule has 0 fully saturated rings. The predicted octanol–water partition coefficient (Wildman–Crippen LogP) is -2.16. The van der Waals surface area contributed by atoms with Gasteiger partial charge in [-0.2, -0.15) is 0 Å². The van der Waals surface area contributed by atoms with E-state index in [2.05, 4.69) is 0 Å². The van der Waals surface area contributed by atoms with Gasteiger partial charge in [0, 0.05) is 6.42 Å². The zero-order valence-corrected chi connectivity index (χ0v) is 6.38. The van der Waals surface area contributed by atoms with Crippen molar-refractivity contribution in [2.24, 2.45) is 0 Å². The van der Waals surface area contributed by atoms with Crippen molar-refractivity contribution in [3.63, 3.8) is 0 Å². The largest absolute Gasteiger partial charge is 0.479 e. The Morgan fingerprint density at radius 2 is 1.46 bits per heavy atom. The van der Waals surface area contributed by atoms with Crippen molar-refractivity contribution in [1.82, 2.24) is 0 Å². The number of ketones is 1. The minimum atomic E-state index is -2.28. The quantitative estimate of drug-likeness (QED) is 0.364. The van der Waals surface area contributed by atoms with Crippen LogP contribution in [0.5, 0.6) is 0 Å². The predicted molar refractivity (Wildman–Crippen MR) is 36.9 cm³/mol. The highest BCUT2D eigenvalue weighted by atomic mass is 16.4. The summed E-state index contributed by atoms with van der Waals surface area (Å²) in [6, 6.07) is 0. The molecule has 0 spiro atoms. The standard InChI is InChI=1S/C6H8O7/c7-2(4(9)6(12)13)1-3(8)5(10)11/h3-4,8-9H,1H2,(H,10,11)(H,12,13). The molecule has 7 heteroatoms. The number of carboxylic acids is 2. The van der Waals surface area contributed by atoms with Gasteiger partial charge in [0.2, 0.25) is 6.10 Å². The van der Waals surface area contributed by atoms with Gasteiger partial charge in [0.1, 0.15) is 0 Å². The van der Waals surface area contributed by atoms with Gasteiger partial charge in [0.05, 0.1) is 0 Å². The van der Waals surface area contributed by atoms with E-state index in [4.69, 9.17) is 20.4 Å². The minimum absolute atomic E-state index is 0.928. The number of Topliss-reactive ketones (excluding diaryl/α,β-unsaturated/α-hetero) is 1. The molecule has 0 aliphatic carbocycles. The van der Waals surface area contributed by atoms with Crippen LogP contribution in [-0.2, 0) is 14.4 Å². The normalized spacial score (nSPS) is 14.6. The fourth-order valence-corrected chi connectivity index (χ4v) is 0.527. The van der Waals surface area contributed by atoms with E-state index in [0.29, 0.717) is 0 Å². The maximum absolute atomic E-state index is 10.6. The number of carbonyl (C=O) groups excluding carboxylic acids is 1. The second-order valence-corrected chi connectivity index (χ2v) is 2.27. The maximum Gasteiger partial charge on any atom is 0.340 e. The van der Waals surface area contributed by atoms with E-state index in [0.717, 1.165) is 0 Å². The summed E-state index contributed by atoms with van der Waals surface area (Å²) in [5.41, 5.74) is 0. The Labute approximate surface area is 72.2 Å². The third-order valence-corrected chi connectivity index (χ3v) is 1.22. The first-order valence-electron chi connectivity index (χ1n) is 3.20. The number of aliphatic hydroxyl groups is 2. The molecule has 0 saturated carbocycles. The monoisotopic (exact) mass is 192 g/mol. The molecule has 2 atom stereocenters. The summed E-state index contributed by atoms with van der Waals surface area (Å²) in [5, 5.41) is 33.4. The SMILES string of the molecule is O=C(O)C(O)CC(=O)C(O)C(=O)O. The van der Waals surface area contributed by atoms with E-state index in [-0.39, 0.29) is 0 Å². The molecule has 0 aliphatic rings. The van der Waals surface area contributed by atoms with Crippen molar-refractivity contribution in [1.29, 1.82) is 0 Å². The lowest BCUT2D eigenvalue weighted by Crippen LogP contribution is -2.34. The highest BCUT2D eigenvalue weighted by Crippen LogP contribution is 1.98. The first kappa shape index (κ1) is 11.5. The molecule has 0 amide bonds. The van der Waals surface area contributed by atoms with Crippen LogP contribution in [0, 0.1) is 0 Å². The fourth-order valence-electron chi connectivity index (χ4n) is 0.527.